The largest absolute Gasteiger partial charge is 0.297 e. The SMILES string of the molecule is CCN1C2[C@@H]([C@H](C)[C@@H]1C)[C@H]1CC=C[C@@H]21. The van der Waals surface area contributed by atoms with Crippen molar-refractivity contribution in [3.63, 3.8) is 0 Å². The van der Waals surface area contributed by atoms with Crippen molar-refractivity contribution in [2.45, 2.75) is 39.3 Å². The molecule has 1 saturated carbocycles. The van der Waals surface area contributed by atoms with Crippen LogP contribution in [-0.2, 0) is 0 Å². The van der Waals surface area contributed by atoms with E-state index in [0.29, 0.717) is 0 Å². The molecule has 0 aromatic carbocycles. The van der Waals surface area contributed by atoms with E-state index in [9.17, 15) is 0 Å². The highest BCUT2D eigenvalue weighted by molar-refractivity contribution is 5.21. The van der Waals surface area contributed by atoms with Crippen LogP contribution < -0.4 is 0 Å². The molecule has 0 aromatic rings. The highest BCUT2D eigenvalue weighted by atomic mass is 15.2. The van der Waals surface area contributed by atoms with Gasteiger partial charge in [-0.05, 0) is 43.6 Å². The molecule has 1 saturated heterocycles. The average molecular weight is 191 g/mol. The van der Waals surface area contributed by atoms with Crippen LogP contribution in [-0.4, -0.2) is 23.5 Å². The number of allylic oxidation sites excluding steroid dienone is 1. The molecule has 0 amide bonds. The minimum atomic E-state index is 0.814. The van der Waals surface area contributed by atoms with E-state index < -0.39 is 0 Å². The van der Waals surface area contributed by atoms with Crippen molar-refractivity contribution in [3.8, 4) is 0 Å². The maximum atomic E-state index is 2.74. The van der Waals surface area contributed by atoms with Gasteiger partial charge in [0.25, 0.3) is 0 Å². The third-order valence-electron chi connectivity index (χ3n) is 5.18. The Morgan fingerprint density at radius 3 is 2.86 bits per heavy atom. The molecule has 1 unspecified atom stereocenters. The minimum absolute atomic E-state index is 0.814. The van der Waals surface area contributed by atoms with E-state index in [1.165, 1.54) is 13.0 Å². The topological polar surface area (TPSA) is 3.24 Å². The number of hydrogen-bond acceptors (Lipinski definition) is 1. The molecule has 14 heavy (non-hydrogen) atoms. The Morgan fingerprint density at radius 2 is 2.14 bits per heavy atom. The van der Waals surface area contributed by atoms with Crippen LogP contribution in [0.5, 0.6) is 0 Å². The molecule has 78 valence electrons. The third kappa shape index (κ3) is 0.850. The van der Waals surface area contributed by atoms with E-state index in [2.05, 4.69) is 37.8 Å². The van der Waals surface area contributed by atoms with Crippen LogP contribution in [0, 0.1) is 23.7 Å². The number of nitrogens with zero attached hydrogens (tertiary/aromatic N) is 1. The van der Waals surface area contributed by atoms with Gasteiger partial charge in [0, 0.05) is 12.1 Å². The molecule has 3 rings (SSSR count). The molecule has 2 aliphatic carbocycles. The molecule has 6 atom stereocenters. The fourth-order valence-corrected chi connectivity index (χ4v) is 4.37. The standard InChI is InChI=1S/C13H21N/c1-4-14-9(3)8(2)12-10-6-5-7-11(10)13(12)14/h5,7-13H,4,6H2,1-3H3/t8-,9+,10+,11-,12+,13?/m1/s1. The number of likely N-dealkylation sites (tertiary alicyclic amines) is 1. The summed E-state index contributed by atoms with van der Waals surface area (Å²) in [6, 6.07) is 1.71. The molecule has 1 nitrogen and oxygen atoms in total. The summed E-state index contributed by atoms with van der Waals surface area (Å²) in [6.07, 6.45) is 6.26. The predicted molar refractivity (Wildman–Crippen MR) is 59.0 cm³/mol. The van der Waals surface area contributed by atoms with Crippen molar-refractivity contribution in [1.29, 1.82) is 0 Å². The quantitative estimate of drug-likeness (QED) is 0.576. The van der Waals surface area contributed by atoms with Gasteiger partial charge in [-0.2, -0.15) is 0 Å². The summed E-state index contributed by atoms with van der Waals surface area (Å²) in [4.78, 5) is 2.74. The van der Waals surface area contributed by atoms with Crippen LogP contribution in [0.25, 0.3) is 0 Å². The molecule has 3 aliphatic rings. The second-order valence-corrected chi connectivity index (χ2v) is 5.40. The zero-order valence-corrected chi connectivity index (χ0v) is 9.48. The van der Waals surface area contributed by atoms with E-state index in [1.54, 1.807) is 0 Å². The zero-order chi connectivity index (χ0) is 9.87. The summed E-state index contributed by atoms with van der Waals surface area (Å²) in [5.41, 5.74) is 0. The molecule has 0 aromatic heterocycles. The van der Waals surface area contributed by atoms with Gasteiger partial charge in [0.1, 0.15) is 0 Å². The number of rotatable bonds is 1. The molecule has 2 fully saturated rings. The lowest BCUT2D eigenvalue weighted by molar-refractivity contribution is 0.0158. The summed E-state index contributed by atoms with van der Waals surface area (Å²) in [5.74, 6) is 3.84. The van der Waals surface area contributed by atoms with Crippen LogP contribution >= 0.6 is 0 Å². The van der Waals surface area contributed by atoms with Crippen LogP contribution in [0.2, 0.25) is 0 Å². The van der Waals surface area contributed by atoms with Gasteiger partial charge in [0.05, 0.1) is 0 Å². The van der Waals surface area contributed by atoms with Crippen LogP contribution in [0.1, 0.15) is 27.2 Å². The van der Waals surface area contributed by atoms with Crippen molar-refractivity contribution in [2.24, 2.45) is 23.7 Å². The first-order valence-corrected chi connectivity index (χ1v) is 6.18. The summed E-state index contributed by atoms with van der Waals surface area (Å²) in [6.45, 7) is 8.44. The Bertz CT molecular complexity index is 270. The molecule has 0 radical (unpaired) electrons. The number of fused-ring (bicyclic) bond motifs is 4. The molecule has 0 N–H and O–H groups in total. The van der Waals surface area contributed by atoms with Crippen molar-refractivity contribution in [3.05, 3.63) is 12.2 Å². The smallest absolute Gasteiger partial charge is 0.0198 e. The predicted octanol–water partition coefficient (Wildman–Crippen LogP) is 2.54. The first-order valence-electron chi connectivity index (χ1n) is 6.18. The first-order chi connectivity index (χ1) is 6.75. The van der Waals surface area contributed by atoms with Crippen LogP contribution in [0.3, 0.4) is 0 Å². The normalized spacial score (nSPS) is 55.6. The van der Waals surface area contributed by atoms with Crippen molar-refractivity contribution >= 4 is 0 Å². The molecule has 1 heteroatoms. The van der Waals surface area contributed by atoms with Gasteiger partial charge in [-0.25, -0.2) is 0 Å². The first kappa shape index (κ1) is 8.96. The monoisotopic (exact) mass is 191 g/mol. The Morgan fingerprint density at radius 1 is 1.36 bits per heavy atom. The van der Waals surface area contributed by atoms with Gasteiger partial charge in [-0.15, -0.1) is 0 Å². The summed E-state index contributed by atoms with van der Waals surface area (Å²) < 4.78 is 0. The summed E-state index contributed by atoms with van der Waals surface area (Å²) in [5, 5.41) is 0. The lowest BCUT2D eigenvalue weighted by Crippen LogP contribution is -2.53. The number of hydrogen-bond donors (Lipinski definition) is 0. The van der Waals surface area contributed by atoms with Gasteiger partial charge in [0.15, 0.2) is 0 Å². The van der Waals surface area contributed by atoms with Gasteiger partial charge in [-0.1, -0.05) is 26.0 Å². The molecular weight excluding hydrogens is 170 g/mol. The Labute approximate surface area is 87.2 Å². The fourth-order valence-electron chi connectivity index (χ4n) is 4.37. The highest BCUT2D eigenvalue weighted by Crippen LogP contribution is 2.58. The molecule has 1 aliphatic heterocycles. The molecular formula is C13H21N. The fraction of sp³-hybridized carbons (Fsp3) is 0.846. The lowest BCUT2D eigenvalue weighted by Gasteiger charge is -2.49. The highest BCUT2D eigenvalue weighted by Gasteiger charge is 2.60. The Hall–Kier alpha value is -0.300. The molecule has 0 bridgehead atoms. The Kier molecular flexibility index (Phi) is 1.82. The van der Waals surface area contributed by atoms with E-state index in [0.717, 1.165) is 35.8 Å². The lowest BCUT2D eigenvalue weighted by atomic mass is 9.59. The van der Waals surface area contributed by atoms with Crippen molar-refractivity contribution < 1.29 is 0 Å². The van der Waals surface area contributed by atoms with Gasteiger partial charge in [-0.3, -0.25) is 4.90 Å². The van der Waals surface area contributed by atoms with Gasteiger partial charge >= 0.3 is 0 Å². The van der Waals surface area contributed by atoms with E-state index >= 15 is 0 Å². The summed E-state index contributed by atoms with van der Waals surface area (Å²) >= 11 is 0. The zero-order valence-electron chi connectivity index (χ0n) is 9.48. The second kappa shape index (κ2) is 2.85. The second-order valence-electron chi connectivity index (χ2n) is 5.40. The maximum absolute atomic E-state index is 2.74. The van der Waals surface area contributed by atoms with E-state index in [4.69, 9.17) is 0 Å². The average Bonchev–Trinajstić information content (AvgIpc) is 2.63. The minimum Gasteiger partial charge on any atom is -0.297 e. The third-order valence-corrected chi connectivity index (χ3v) is 5.18. The van der Waals surface area contributed by atoms with Crippen LogP contribution in [0.4, 0.5) is 0 Å². The van der Waals surface area contributed by atoms with Crippen molar-refractivity contribution in [1.82, 2.24) is 4.90 Å². The summed E-state index contributed by atoms with van der Waals surface area (Å²) in [7, 11) is 0. The van der Waals surface area contributed by atoms with Crippen LogP contribution in [0.15, 0.2) is 12.2 Å². The maximum Gasteiger partial charge on any atom is 0.0198 e. The molecule has 0 spiro atoms. The van der Waals surface area contributed by atoms with Gasteiger partial charge in [0.2, 0.25) is 0 Å². The van der Waals surface area contributed by atoms with Crippen molar-refractivity contribution in [2.75, 3.05) is 6.54 Å². The molecule has 1 heterocycles. The Balaban J connectivity index is 1.89. The van der Waals surface area contributed by atoms with E-state index in [-0.39, 0.29) is 0 Å². The van der Waals surface area contributed by atoms with E-state index in [1.807, 2.05) is 0 Å². The van der Waals surface area contributed by atoms with Gasteiger partial charge < -0.3 is 0 Å².